The van der Waals surface area contributed by atoms with Gasteiger partial charge in [0.15, 0.2) is 0 Å². The molecule has 0 amide bonds. The molecule has 0 aromatic rings. The minimum absolute atomic E-state index is 0.503. The fourth-order valence-corrected chi connectivity index (χ4v) is 1.91. The van der Waals surface area contributed by atoms with Gasteiger partial charge in [0, 0.05) is 12.6 Å². The Balaban J connectivity index is 2.27. The molecule has 0 aromatic carbocycles. The fourth-order valence-electron chi connectivity index (χ4n) is 1.91. The van der Waals surface area contributed by atoms with Crippen molar-refractivity contribution < 1.29 is 5.11 Å². The maximum atomic E-state index is 9.61. The van der Waals surface area contributed by atoms with Gasteiger partial charge in [-0.2, -0.15) is 0 Å². The summed E-state index contributed by atoms with van der Waals surface area (Å²) in [6, 6.07) is 0.719. The molecule has 0 bridgehead atoms. The lowest BCUT2D eigenvalue weighted by Gasteiger charge is -2.34. The molecule has 0 spiro atoms. The highest BCUT2D eigenvalue weighted by atomic mass is 16.3. The molecule has 0 aromatic heterocycles. The highest BCUT2D eigenvalue weighted by Gasteiger charge is 2.20. The summed E-state index contributed by atoms with van der Waals surface area (Å²) in [6.07, 6.45) is 4.92. The van der Waals surface area contributed by atoms with Crippen LogP contribution in [0, 0.1) is 0 Å². The summed E-state index contributed by atoms with van der Waals surface area (Å²) in [5.41, 5.74) is -0.503. The van der Waals surface area contributed by atoms with E-state index >= 15 is 0 Å². The summed E-state index contributed by atoms with van der Waals surface area (Å²) in [5.74, 6) is 0. The average Bonchev–Trinajstić information content (AvgIpc) is 2.01. The van der Waals surface area contributed by atoms with E-state index < -0.39 is 5.60 Å². The van der Waals surface area contributed by atoms with Gasteiger partial charge in [-0.3, -0.25) is 0 Å². The molecule has 1 aliphatic heterocycles. The van der Waals surface area contributed by atoms with E-state index in [4.69, 9.17) is 0 Å². The van der Waals surface area contributed by atoms with E-state index in [1.807, 2.05) is 13.8 Å². The molecule has 1 saturated heterocycles. The number of nitrogens with zero attached hydrogens (tertiary/aromatic N) is 1. The molecule has 1 atom stereocenters. The Morgan fingerprint density at radius 2 is 2.08 bits per heavy atom. The van der Waals surface area contributed by atoms with Crippen molar-refractivity contribution in [1.82, 2.24) is 4.90 Å². The van der Waals surface area contributed by atoms with E-state index in [0.29, 0.717) is 0 Å². The van der Waals surface area contributed by atoms with Crippen LogP contribution < -0.4 is 0 Å². The highest BCUT2D eigenvalue weighted by Crippen LogP contribution is 2.18. The third-order valence-electron chi connectivity index (χ3n) is 2.95. The molecule has 2 heteroatoms. The lowest BCUT2D eigenvalue weighted by atomic mass is 10.0. The molecule has 2 nitrogen and oxygen atoms in total. The van der Waals surface area contributed by atoms with Crippen LogP contribution in [0.2, 0.25) is 0 Å². The predicted octanol–water partition coefficient (Wildman–Crippen LogP) is 2.02. The van der Waals surface area contributed by atoms with E-state index in [2.05, 4.69) is 11.8 Å². The maximum absolute atomic E-state index is 9.61. The monoisotopic (exact) mass is 185 g/mol. The number of likely N-dealkylation sites (tertiary alicyclic amines) is 1. The van der Waals surface area contributed by atoms with Crippen LogP contribution in [-0.4, -0.2) is 34.7 Å². The quantitative estimate of drug-likeness (QED) is 0.727. The molecule has 1 fully saturated rings. The van der Waals surface area contributed by atoms with Crippen molar-refractivity contribution in [3.8, 4) is 0 Å². The molecule has 1 aliphatic rings. The third-order valence-corrected chi connectivity index (χ3v) is 2.95. The zero-order valence-corrected chi connectivity index (χ0v) is 9.21. The first kappa shape index (κ1) is 11.0. The van der Waals surface area contributed by atoms with Crippen LogP contribution in [0.25, 0.3) is 0 Å². The van der Waals surface area contributed by atoms with Gasteiger partial charge in [0.2, 0.25) is 0 Å². The molecule has 1 unspecified atom stereocenters. The fraction of sp³-hybridized carbons (Fsp3) is 1.00. The van der Waals surface area contributed by atoms with E-state index in [0.717, 1.165) is 19.0 Å². The normalized spacial score (nSPS) is 26.3. The van der Waals surface area contributed by atoms with E-state index in [9.17, 15) is 5.11 Å². The van der Waals surface area contributed by atoms with Gasteiger partial charge in [-0.05, 0) is 46.6 Å². The Morgan fingerprint density at radius 3 is 2.62 bits per heavy atom. The average molecular weight is 185 g/mol. The van der Waals surface area contributed by atoms with Gasteiger partial charge in [-0.15, -0.1) is 0 Å². The molecule has 1 N–H and O–H groups in total. The number of hydrogen-bond donors (Lipinski definition) is 1. The minimum atomic E-state index is -0.503. The molecule has 1 rings (SSSR count). The number of piperidine rings is 1. The van der Waals surface area contributed by atoms with Crippen molar-refractivity contribution in [2.24, 2.45) is 0 Å². The van der Waals surface area contributed by atoms with E-state index in [-0.39, 0.29) is 0 Å². The topological polar surface area (TPSA) is 23.5 Å². The summed E-state index contributed by atoms with van der Waals surface area (Å²) < 4.78 is 0. The third kappa shape index (κ3) is 4.10. The molecule has 13 heavy (non-hydrogen) atoms. The van der Waals surface area contributed by atoms with Crippen LogP contribution in [0.4, 0.5) is 0 Å². The van der Waals surface area contributed by atoms with Crippen molar-refractivity contribution >= 4 is 0 Å². The van der Waals surface area contributed by atoms with Crippen LogP contribution in [0.5, 0.6) is 0 Å². The zero-order valence-electron chi connectivity index (χ0n) is 9.21. The Bertz CT molecular complexity index is 151. The largest absolute Gasteiger partial charge is 0.390 e. The minimum Gasteiger partial charge on any atom is -0.390 e. The van der Waals surface area contributed by atoms with Crippen LogP contribution in [0.1, 0.15) is 46.5 Å². The summed E-state index contributed by atoms with van der Waals surface area (Å²) in [4.78, 5) is 2.50. The SMILES string of the molecule is CC1CCCCN1CCC(C)(C)O. The predicted molar refractivity (Wildman–Crippen MR) is 55.8 cm³/mol. The first-order chi connectivity index (χ1) is 5.99. The second kappa shape index (κ2) is 4.43. The first-order valence-corrected chi connectivity index (χ1v) is 5.45. The van der Waals surface area contributed by atoms with Crippen LogP contribution in [-0.2, 0) is 0 Å². The highest BCUT2D eigenvalue weighted by molar-refractivity contribution is 4.76. The van der Waals surface area contributed by atoms with Crippen molar-refractivity contribution in [3.05, 3.63) is 0 Å². The van der Waals surface area contributed by atoms with Crippen LogP contribution >= 0.6 is 0 Å². The van der Waals surface area contributed by atoms with E-state index in [1.165, 1.54) is 25.8 Å². The van der Waals surface area contributed by atoms with Crippen molar-refractivity contribution in [1.29, 1.82) is 0 Å². The molecule has 0 saturated carbocycles. The summed E-state index contributed by atoms with van der Waals surface area (Å²) in [5, 5.41) is 9.61. The molecular weight excluding hydrogens is 162 g/mol. The summed E-state index contributed by atoms with van der Waals surface area (Å²) in [6.45, 7) is 8.34. The Hall–Kier alpha value is -0.0800. The van der Waals surface area contributed by atoms with Gasteiger partial charge in [-0.1, -0.05) is 6.42 Å². The number of hydrogen-bond acceptors (Lipinski definition) is 2. The number of aliphatic hydroxyl groups is 1. The lowest BCUT2D eigenvalue weighted by molar-refractivity contribution is 0.0465. The van der Waals surface area contributed by atoms with Crippen molar-refractivity contribution in [2.45, 2.75) is 58.1 Å². The molecule has 0 aliphatic carbocycles. The van der Waals surface area contributed by atoms with Gasteiger partial charge in [-0.25, -0.2) is 0 Å². The maximum Gasteiger partial charge on any atom is 0.0603 e. The Morgan fingerprint density at radius 1 is 1.38 bits per heavy atom. The first-order valence-electron chi connectivity index (χ1n) is 5.45. The smallest absolute Gasteiger partial charge is 0.0603 e. The molecule has 0 radical (unpaired) electrons. The van der Waals surface area contributed by atoms with E-state index in [1.54, 1.807) is 0 Å². The van der Waals surface area contributed by atoms with Gasteiger partial charge >= 0.3 is 0 Å². The van der Waals surface area contributed by atoms with Crippen molar-refractivity contribution in [3.63, 3.8) is 0 Å². The molecule has 78 valence electrons. The number of rotatable bonds is 3. The second-order valence-electron chi connectivity index (χ2n) is 4.94. The van der Waals surface area contributed by atoms with Gasteiger partial charge in [0.1, 0.15) is 0 Å². The van der Waals surface area contributed by atoms with Gasteiger partial charge < -0.3 is 10.0 Å². The molecule has 1 heterocycles. The summed E-state index contributed by atoms with van der Waals surface area (Å²) >= 11 is 0. The zero-order chi connectivity index (χ0) is 9.90. The Labute approximate surface area is 81.9 Å². The van der Waals surface area contributed by atoms with Crippen molar-refractivity contribution in [2.75, 3.05) is 13.1 Å². The Kier molecular flexibility index (Phi) is 3.74. The second-order valence-corrected chi connectivity index (χ2v) is 4.94. The van der Waals surface area contributed by atoms with Gasteiger partial charge in [0.05, 0.1) is 5.60 Å². The van der Waals surface area contributed by atoms with Gasteiger partial charge in [0.25, 0.3) is 0 Å². The standard InChI is InChI=1S/C11H23NO/c1-10-6-4-5-8-12(10)9-7-11(2,3)13/h10,13H,4-9H2,1-3H3. The summed E-state index contributed by atoms with van der Waals surface area (Å²) in [7, 11) is 0. The lowest BCUT2D eigenvalue weighted by Crippen LogP contribution is -2.40. The van der Waals surface area contributed by atoms with Crippen LogP contribution in [0.15, 0.2) is 0 Å². The van der Waals surface area contributed by atoms with Crippen LogP contribution in [0.3, 0.4) is 0 Å². The molecular formula is C11H23NO.